The monoisotopic (exact) mass is 535 g/mol. The molecule has 0 aliphatic heterocycles. The molecule has 0 fully saturated rings. The number of methoxy groups -OCH3 is 1. The third-order valence-electron chi connectivity index (χ3n) is 4.21. The summed E-state index contributed by atoms with van der Waals surface area (Å²) in [7, 11) is 1.45. The van der Waals surface area contributed by atoms with Crippen LogP contribution in [0.1, 0.15) is 17.4 Å². The number of carbonyl (C=O) groups is 2. The Bertz CT molecular complexity index is 1250. The van der Waals surface area contributed by atoms with Crippen molar-refractivity contribution in [3.8, 4) is 17.2 Å². The van der Waals surface area contributed by atoms with Gasteiger partial charge in [0.25, 0.3) is 11.5 Å². The van der Waals surface area contributed by atoms with Crippen molar-refractivity contribution in [2.45, 2.75) is 6.92 Å². The van der Waals surface area contributed by atoms with E-state index in [1.807, 2.05) is 0 Å². The van der Waals surface area contributed by atoms with Crippen molar-refractivity contribution in [2.75, 3.05) is 25.6 Å². The highest BCUT2D eigenvalue weighted by atomic mass is 79.9. The van der Waals surface area contributed by atoms with Gasteiger partial charge in [-0.15, -0.1) is 0 Å². The fourth-order valence-electron chi connectivity index (χ4n) is 2.79. The molecule has 0 bridgehead atoms. The van der Waals surface area contributed by atoms with E-state index in [9.17, 15) is 14.4 Å². The predicted molar refractivity (Wildman–Crippen MR) is 126 cm³/mol. The van der Waals surface area contributed by atoms with Crippen molar-refractivity contribution in [3.63, 3.8) is 0 Å². The Morgan fingerprint density at radius 3 is 2.64 bits per heavy atom. The van der Waals surface area contributed by atoms with Gasteiger partial charge in [0.2, 0.25) is 5.69 Å². The Kier molecular flexibility index (Phi) is 8.07. The smallest absolute Gasteiger partial charge is 0.362 e. The summed E-state index contributed by atoms with van der Waals surface area (Å²) in [6.45, 7) is 1.21. The maximum absolute atomic E-state index is 12.7. The van der Waals surface area contributed by atoms with Crippen LogP contribution in [0.15, 0.2) is 57.8 Å². The molecule has 2 aromatic carbocycles. The van der Waals surface area contributed by atoms with E-state index in [1.54, 1.807) is 43.3 Å². The molecule has 0 aliphatic rings. The average molecular weight is 537 g/mol. The van der Waals surface area contributed by atoms with E-state index < -0.39 is 24.0 Å². The Hall–Kier alpha value is -3.37. The summed E-state index contributed by atoms with van der Waals surface area (Å²) in [5.41, 5.74) is -0.0395. The van der Waals surface area contributed by atoms with Crippen LogP contribution in [0.25, 0.3) is 5.69 Å². The van der Waals surface area contributed by atoms with Crippen LogP contribution in [0.3, 0.4) is 0 Å². The molecule has 0 unspecified atom stereocenters. The molecule has 1 amide bonds. The van der Waals surface area contributed by atoms with Gasteiger partial charge < -0.3 is 19.5 Å². The van der Waals surface area contributed by atoms with Crippen LogP contribution < -0.4 is 20.3 Å². The molecule has 1 heterocycles. The van der Waals surface area contributed by atoms with E-state index >= 15 is 0 Å². The van der Waals surface area contributed by atoms with Gasteiger partial charge in [-0.1, -0.05) is 33.6 Å². The summed E-state index contributed by atoms with van der Waals surface area (Å²) in [5, 5.41) is 7.12. The van der Waals surface area contributed by atoms with E-state index in [0.717, 1.165) is 15.2 Å². The van der Waals surface area contributed by atoms with Gasteiger partial charge in [0.05, 0.1) is 31.2 Å². The summed E-state index contributed by atoms with van der Waals surface area (Å²) >= 11 is 9.30. The molecule has 0 saturated heterocycles. The number of esters is 1. The molecule has 3 aromatic rings. The van der Waals surface area contributed by atoms with Gasteiger partial charge in [0.1, 0.15) is 5.75 Å². The maximum Gasteiger partial charge on any atom is 0.362 e. The summed E-state index contributed by atoms with van der Waals surface area (Å²) < 4.78 is 17.4. The number of hydrogen-bond acceptors (Lipinski definition) is 7. The Balaban J connectivity index is 1.87. The maximum atomic E-state index is 12.7. The van der Waals surface area contributed by atoms with Gasteiger partial charge in [0, 0.05) is 9.50 Å². The largest absolute Gasteiger partial charge is 0.495 e. The van der Waals surface area contributed by atoms with Crippen LogP contribution >= 0.6 is 27.5 Å². The highest BCUT2D eigenvalue weighted by Crippen LogP contribution is 2.27. The van der Waals surface area contributed by atoms with Gasteiger partial charge in [-0.2, -0.15) is 9.78 Å². The lowest BCUT2D eigenvalue weighted by Crippen LogP contribution is -2.27. The molecule has 11 heteroatoms. The van der Waals surface area contributed by atoms with Crippen LogP contribution in [0.4, 0.5) is 5.69 Å². The number of aromatic nitrogens is 2. The topological polar surface area (TPSA) is 109 Å². The van der Waals surface area contributed by atoms with Gasteiger partial charge >= 0.3 is 5.97 Å². The van der Waals surface area contributed by atoms with Gasteiger partial charge in [-0.05, 0) is 43.3 Å². The molecule has 3 rings (SSSR count). The lowest BCUT2D eigenvalue weighted by Gasteiger charge is -2.13. The Morgan fingerprint density at radius 1 is 1.15 bits per heavy atom. The number of anilines is 1. The fraction of sp³-hybridized carbons (Fsp3) is 0.182. The number of rotatable bonds is 8. The first-order chi connectivity index (χ1) is 15.8. The summed E-state index contributed by atoms with van der Waals surface area (Å²) in [6, 6.07) is 12.6. The zero-order valence-corrected chi connectivity index (χ0v) is 20.0. The van der Waals surface area contributed by atoms with E-state index in [0.29, 0.717) is 22.1 Å². The first kappa shape index (κ1) is 24.3. The van der Waals surface area contributed by atoms with Crippen molar-refractivity contribution >= 4 is 45.1 Å². The van der Waals surface area contributed by atoms with Gasteiger partial charge in [-0.25, -0.2) is 4.79 Å². The normalized spacial score (nSPS) is 10.4. The van der Waals surface area contributed by atoms with Crippen molar-refractivity contribution in [1.82, 2.24) is 9.78 Å². The first-order valence-electron chi connectivity index (χ1n) is 9.66. The number of ether oxygens (including phenoxy) is 3. The minimum absolute atomic E-state index is 0.0883. The zero-order valence-electron chi connectivity index (χ0n) is 17.6. The lowest BCUT2D eigenvalue weighted by molar-refractivity contribution is -0.118. The molecule has 0 spiro atoms. The van der Waals surface area contributed by atoms with Crippen molar-refractivity contribution in [2.24, 2.45) is 0 Å². The standard InChI is InChI=1S/C22H19BrClN3O6/c1-3-32-22(30)21-18(11-20(29)27(26-21)15-6-4-5-13(23)9-15)33-12-19(28)25-16-10-14(24)7-8-17(16)31-2/h4-11H,3,12H2,1-2H3,(H,25,28). The van der Waals surface area contributed by atoms with E-state index in [-0.39, 0.29) is 18.1 Å². The van der Waals surface area contributed by atoms with Crippen LogP contribution in [-0.2, 0) is 9.53 Å². The Morgan fingerprint density at radius 2 is 1.94 bits per heavy atom. The number of hydrogen-bond donors (Lipinski definition) is 1. The average Bonchev–Trinajstić information content (AvgIpc) is 2.78. The number of nitrogens with one attached hydrogen (secondary N) is 1. The molecule has 0 saturated carbocycles. The Labute approximate surface area is 202 Å². The van der Waals surface area contributed by atoms with E-state index in [1.165, 1.54) is 13.2 Å². The second-order valence-electron chi connectivity index (χ2n) is 6.49. The molecule has 1 N–H and O–H groups in total. The second-order valence-corrected chi connectivity index (χ2v) is 7.84. The van der Waals surface area contributed by atoms with Crippen LogP contribution in [0.2, 0.25) is 5.02 Å². The van der Waals surface area contributed by atoms with Crippen LogP contribution in [0.5, 0.6) is 11.5 Å². The van der Waals surface area contributed by atoms with E-state index in [4.69, 9.17) is 25.8 Å². The van der Waals surface area contributed by atoms with Crippen molar-refractivity contribution < 1.29 is 23.8 Å². The molecule has 9 nitrogen and oxygen atoms in total. The molecule has 172 valence electrons. The molecule has 1 aromatic heterocycles. The lowest BCUT2D eigenvalue weighted by atomic mass is 10.3. The number of benzene rings is 2. The molecule has 0 aliphatic carbocycles. The van der Waals surface area contributed by atoms with E-state index in [2.05, 4.69) is 26.3 Å². The van der Waals surface area contributed by atoms with Crippen LogP contribution in [-0.4, -0.2) is 42.0 Å². The number of carbonyl (C=O) groups excluding carboxylic acids is 2. The SMILES string of the molecule is CCOC(=O)c1nn(-c2cccc(Br)c2)c(=O)cc1OCC(=O)Nc1cc(Cl)ccc1OC. The number of amides is 1. The third kappa shape index (κ3) is 6.11. The molecule has 0 atom stereocenters. The van der Waals surface area contributed by atoms with Gasteiger partial charge in [-0.3, -0.25) is 9.59 Å². The van der Waals surface area contributed by atoms with Crippen LogP contribution in [0, 0.1) is 0 Å². The molecular weight excluding hydrogens is 518 g/mol. The highest BCUT2D eigenvalue weighted by molar-refractivity contribution is 9.10. The first-order valence-corrected chi connectivity index (χ1v) is 10.8. The number of halogens is 2. The molecular formula is C22H19BrClN3O6. The molecule has 0 radical (unpaired) electrons. The zero-order chi connectivity index (χ0) is 24.0. The summed E-state index contributed by atoms with van der Waals surface area (Å²) in [5.74, 6) is -1.15. The second kappa shape index (κ2) is 11.0. The molecule has 33 heavy (non-hydrogen) atoms. The van der Waals surface area contributed by atoms with Crippen molar-refractivity contribution in [1.29, 1.82) is 0 Å². The third-order valence-corrected chi connectivity index (χ3v) is 4.94. The van der Waals surface area contributed by atoms with Crippen molar-refractivity contribution in [3.05, 3.63) is 74.1 Å². The summed E-state index contributed by atoms with van der Waals surface area (Å²) in [4.78, 5) is 37.5. The highest BCUT2D eigenvalue weighted by Gasteiger charge is 2.21. The minimum atomic E-state index is -0.798. The predicted octanol–water partition coefficient (Wildman–Crippen LogP) is 3.85. The number of nitrogens with zero attached hydrogens (tertiary/aromatic N) is 2. The fourth-order valence-corrected chi connectivity index (χ4v) is 3.35. The minimum Gasteiger partial charge on any atom is -0.495 e. The summed E-state index contributed by atoms with van der Waals surface area (Å²) in [6.07, 6.45) is 0. The van der Waals surface area contributed by atoms with Gasteiger partial charge in [0.15, 0.2) is 12.4 Å². The quantitative estimate of drug-likeness (QED) is 0.436.